The van der Waals surface area contributed by atoms with Crippen molar-refractivity contribution in [2.24, 2.45) is 0 Å². The Morgan fingerprint density at radius 1 is 1.28 bits per heavy atom. The number of benzene rings is 1. The fraction of sp³-hybridized carbons (Fsp3) is 0.548. The van der Waals surface area contributed by atoms with Crippen LogP contribution >= 0.6 is 0 Å². The van der Waals surface area contributed by atoms with Crippen molar-refractivity contribution in [2.75, 3.05) is 43.4 Å². The van der Waals surface area contributed by atoms with Crippen molar-refractivity contribution in [3.63, 3.8) is 0 Å². The van der Waals surface area contributed by atoms with Crippen molar-refractivity contribution in [2.45, 2.75) is 75.5 Å². The number of aromatic nitrogens is 2. The minimum Gasteiger partial charge on any atom is -0.461 e. The number of halogens is 4. The summed E-state index contributed by atoms with van der Waals surface area (Å²) in [5.74, 6) is 1.26. The van der Waals surface area contributed by atoms with Crippen LogP contribution in [0, 0.1) is 18.2 Å². The predicted octanol–water partition coefficient (Wildman–Crippen LogP) is 4.54. The number of fused-ring (bicyclic) bond motifs is 2. The molecule has 230 valence electrons. The maximum atomic E-state index is 15.4. The summed E-state index contributed by atoms with van der Waals surface area (Å²) < 4.78 is 70.3. The van der Waals surface area contributed by atoms with Crippen LogP contribution < -0.4 is 15.4 Å². The van der Waals surface area contributed by atoms with Gasteiger partial charge in [0.25, 0.3) is 0 Å². The van der Waals surface area contributed by atoms with E-state index in [1.165, 1.54) is 0 Å². The van der Waals surface area contributed by atoms with Gasteiger partial charge in [0.15, 0.2) is 5.82 Å². The van der Waals surface area contributed by atoms with Crippen molar-refractivity contribution in [1.82, 2.24) is 14.9 Å². The van der Waals surface area contributed by atoms with Crippen LogP contribution in [0.2, 0.25) is 0 Å². The highest BCUT2D eigenvalue weighted by atomic mass is 19.4. The first-order chi connectivity index (χ1) is 20.3. The Morgan fingerprint density at radius 3 is 2.77 bits per heavy atom. The van der Waals surface area contributed by atoms with Gasteiger partial charge in [0.05, 0.1) is 40.8 Å². The lowest BCUT2D eigenvalue weighted by Crippen LogP contribution is -2.47. The highest BCUT2D eigenvalue weighted by Crippen LogP contribution is 2.45. The molecule has 12 heteroatoms. The molecule has 6 rings (SSSR count). The summed E-state index contributed by atoms with van der Waals surface area (Å²) in [6.45, 7) is 8.74. The zero-order valence-electron chi connectivity index (χ0n) is 24.1. The van der Waals surface area contributed by atoms with E-state index < -0.39 is 46.1 Å². The topological polar surface area (TPSA) is 97.0 Å². The summed E-state index contributed by atoms with van der Waals surface area (Å²) in [5.41, 5.74) is 3.61. The summed E-state index contributed by atoms with van der Waals surface area (Å²) in [7, 11) is 0. The molecular weight excluding hydrogens is 566 g/mol. The summed E-state index contributed by atoms with van der Waals surface area (Å²) in [4.78, 5) is 13.7. The van der Waals surface area contributed by atoms with Gasteiger partial charge in [0, 0.05) is 42.7 Å². The summed E-state index contributed by atoms with van der Waals surface area (Å²) in [6, 6.07) is 0.891. The zero-order chi connectivity index (χ0) is 30.7. The smallest absolute Gasteiger partial charge is 0.418 e. The molecule has 8 nitrogen and oxygen atoms in total. The fourth-order valence-corrected chi connectivity index (χ4v) is 7.21. The second-order valence-electron chi connectivity index (χ2n) is 12.5. The van der Waals surface area contributed by atoms with E-state index in [0.29, 0.717) is 49.6 Å². The number of aliphatic hydroxyl groups is 1. The highest BCUT2D eigenvalue weighted by molar-refractivity contribution is 5.59. The first-order valence-electron chi connectivity index (χ1n) is 14.5. The average Bonchev–Trinajstić information content (AvgIpc) is 3.46. The molecule has 3 saturated heterocycles. The van der Waals surface area contributed by atoms with Gasteiger partial charge in [-0.2, -0.15) is 23.1 Å². The summed E-state index contributed by atoms with van der Waals surface area (Å²) in [6.07, 6.45) is 3.01. The van der Waals surface area contributed by atoms with E-state index in [1.54, 1.807) is 6.92 Å². The monoisotopic (exact) mass is 601 g/mol. The maximum absolute atomic E-state index is 15.4. The van der Waals surface area contributed by atoms with E-state index >= 15 is 4.39 Å². The van der Waals surface area contributed by atoms with E-state index in [-0.39, 0.29) is 24.6 Å². The number of hydrogen-bond donors (Lipinski definition) is 2. The SMILES string of the molecule is C#Cc1cc(N)c(F)c([C@H]2Cc3nc(OC[C@]45CCCN4CC(=C)C5)nc(N4CCC[C@@](C)(O)C4)c3CO2)c1C(F)(F)F. The van der Waals surface area contributed by atoms with Gasteiger partial charge >= 0.3 is 12.2 Å². The molecule has 3 N–H and O–H groups in total. The van der Waals surface area contributed by atoms with Crippen LogP contribution in [0.3, 0.4) is 0 Å². The Labute approximate surface area is 247 Å². The Kier molecular flexibility index (Phi) is 7.34. The average molecular weight is 602 g/mol. The van der Waals surface area contributed by atoms with Crippen molar-refractivity contribution in [1.29, 1.82) is 0 Å². The van der Waals surface area contributed by atoms with Gasteiger partial charge in [0.2, 0.25) is 0 Å². The molecule has 0 unspecified atom stereocenters. The van der Waals surface area contributed by atoms with Crippen molar-refractivity contribution in [3.8, 4) is 18.4 Å². The molecule has 3 fully saturated rings. The minimum atomic E-state index is -4.95. The number of ether oxygens (including phenoxy) is 2. The number of β-amino-alcohol motifs (C(OH)–C–C–N with tert-alkyl or cyclic N) is 1. The Morgan fingerprint density at radius 2 is 2.05 bits per heavy atom. The molecule has 5 heterocycles. The molecule has 0 bridgehead atoms. The van der Waals surface area contributed by atoms with Gasteiger partial charge in [-0.15, -0.1) is 6.42 Å². The zero-order valence-corrected chi connectivity index (χ0v) is 24.1. The molecule has 4 aliphatic heterocycles. The maximum Gasteiger partial charge on any atom is 0.418 e. The first kappa shape index (κ1) is 29.7. The minimum absolute atomic E-state index is 0.0757. The lowest BCUT2D eigenvalue weighted by Gasteiger charge is -2.39. The molecule has 1 aromatic carbocycles. The Balaban J connectivity index is 1.39. The summed E-state index contributed by atoms with van der Waals surface area (Å²) >= 11 is 0. The van der Waals surface area contributed by atoms with Gasteiger partial charge < -0.3 is 25.2 Å². The van der Waals surface area contributed by atoms with Crippen LogP contribution in [0.25, 0.3) is 0 Å². The van der Waals surface area contributed by atoms with Gasteiger partial charge in [0.1, 0.15) is 12.4 Å². The number of terminal acetylenes is 1. The van der Waals surface area contributed by atoms with Gasteiger partial charge in [-0.3, -0.25) is 4.90 Å². The number of nitrogen functional groups attached to an aromatic ring is 1. The van der Waals surface area contributed by atoms with Crippen LogP contribution in [-0.4, -0.2) is 63.9 Å². The number of nitrogens with zero attached hydrogens (tertiary/aromatic N) is 4. The molecular formula is C31H35F4N5O3. The van der Waals surface area contributed by atoms with Crippen LogP contribution in [0.15, 0.2) is 18.2 Å². The predicted molar refractivity (Wildman–Crippen MR) is 152 cm³/mol. The molecule has 0 radical (unpaired) electrons. The third kappa shape index (κ3) is 5.43. The van der Waals surface area contributed by atoms with Crippen molar-refractivity contribution in [3.05, 3.63) is 52.0 Å². The molecule has 3 atom stereocenters. The highest BCUT2D eigenvalue weighted by Gasteiger charge is 2.47. The van der Waals surface area contributed by atoms with E-state index in [0.717, 1.165) is 44.0 Å². The van der Waals surface area contributed by atoms with E-state index in [4.69, 9.17) is 26.6 Å². The Hall–Kier alpha value is -3.40. The number of alkyl halides is 3. The standard InChI is InChI=1S/C31H35F4N5O3/c1-4-19-11-21(36)26(32)24(25(19)31(33,34)35)23-12-22-20(15-42-23)27(39-9-5-7-29(3,41)16-39)38-28(37-22)43-17-30-8-6-10-40(30)14-18(2)13-30/h1,11,23,41H,2,5-10,12-17,36H2,3H3/t23-,29-,30-/m1/s1. The second-order valence-corrected chi connectivity index (χ2v) is 12.5. The lowest BCUT2D eigenvalue weighted by molar-refractivity contribution is -0.140. The van der Waals surface area contributed by atoms with Gasteiger partial charge in [-0.05, 0) is 51.6 Å². The van der Waals surface area contributed by atoms with Crippen LogP contribution in [0.4, 0.5) is 29.1 Å². The Bertz CT molecular complexity index is 1500. The van der Waals surface area contributed by atoms with Gasteiger partial charge in [-0.25, -0.2) is 4.39 Å². The molecule has 0 spiro atoms. The van der Waals surface area contributed by atoms with Crippen molar-refractivity contribution >= 4 is 11.5 Å². The number of hydrogen-bond acceptors (Lipinski definition) is 8. The third-order valence-corrected chi connectivity index (χ3v) is 9.13. The normalized spacial score (nSPS) is 27.6. The molecule has 4 aliphatic rings. The first-order valence-corrected chi connectivity index (χ1v) is 14.5. The largest absolute Gasteiger partial charge is 0.461 e. The van der Waals surface area contributed by atoms with Gasteiger partial charge in [-0.1, -0.05) is 18.1 Å². The molecule has 1 aromatic heterocycles. The van der Waals surface area contributed by atoms with E-state index in [2.05, 4.69) is 16.5 Å². The number of nitrogens with two attached hydrogens (primary N) is 1. The number of rotatable bonds is 5. The van der Waals surface area contributed by atoms with E-state index in [1.807, 2.05) is 10.8 Å². The second kappa shape index (κ2) is 10.6. The van der Waals surface area contributed by atoms with Crippen LogP contribution in [0.1, 0.15) is 73.1 Å². The molecule has 2 aromatic rings. The molecule has 0 amide bonds. The molecule has 43 heavy (non-hydrogen) atoms. The third-order valence-electron chi connectivity index (χ3n) is 9.13. The lowest BCUT2D eigenvalue weighted by atomic mass is 9.90. The fourth-order valence-electron chi connectivity index (χ4n) is 7.21. The quantitative estimate of drug-likeness (QED) is 0.223. The van der Waals surface area contributed by atoms with Crippen molar-refractivity contribution < 1.29 is 32.1 Å². The molecule has 0 aliphatic carbocycles. The molecule has 0 saturated carbocycles. The number of anilines is 2. The van der Waals surface area contributed by atoms with Crippen LogP contribution in [-0.2, 0) is 23.9 Å². The summed E-state index contributed by atoms with van der Waals surface area (Å²) in [5, 5.41) is 10.8. The van der Waals surface area contributed by atoms with E-state index in [9.17, 15) is 18.3 Å². The number of piperidine rings is 1. The van der Waals surface area contributed by atoms with Crippen LogP contribution in [0.5, 0.6) is 6.01 Å².